The zero-order valence-electron chi connectivity index (χ0n) is 28.2. The first kappa shape index (κ1) is 39.8. The molecule has 1 atom stereocenters. The van der Waals surface area contributed by atoms with Crippen molar-refractivity contribution in [2.45, 2.75) is 62.4 Å². The van der Waals surface area contributed by atoms with E-state index in [1.807, 2.05) is 9.47 Å². The fourth-order valence-electron chi connectivity index (χ4n) is 5.97. The van der Waals surface area contributed by atoms with E-state index < -0.39 is 50.1 Å². The number of ether oxygens (including phenoxy) is 1. The van der Waals surface area contributed by atoms with E-state index in [1.165, 1.54) is 35.6 Å². The summed E-state index contributed by atoms with van der Waals surface area (Å²) in [7, 11) is -11.3. The second kappa shape index (κ2) is 16.3. The lowest BCUT2D eigenvalue weighted by molar-refractivity contribution is -0.703. The summed E-state index contributed by atoms with van der Waals surface area (Å²) in [5.74, 6) is -1.34. The Morgan fingerprint density at radius 1 is 1.10 bits per heavy atom. The molecular weight excluding hydrogens is 729 g/mol. The van der Waals surface area contributed by atoms with Crippen molar-refractivity contribution < 1.29 is 62.2 Å². The number of pyridine rings is 1. The number of nitrogens with zero attached hydrogens (tertiary/aromatic N) is 4. The second-order valence-electron chi connectivity index (χ2n) is 13.1. The third kappa shape index (κ3) is 9.41. The topological polar surface area (TPSA) is 257 Å². The van der Waals surface area contributed by atoms with E-state index in [0.717, 1.165) is 30.5 Å². The molecule has 1 amide bonds. The molecule has 286 valence electrons. The number of rotatable bonds is 18. The first-order valence-corrected chi connectivity index (χ1v) is 20.0. The van der Waals surface area contributed by atoms with Gasteiger partial charge in [-0.3, -0.25) is 23.5 Å². The van der Waals surface area contributed by atoms with Crippen LogP contribution in [0.1, 0.15) is 48.5 Å². The number of aliphatic hydroxyl groups excluding tert-OH is 1. The number of halogens is 1. The van der Waals surface area contributed by atoms with E-state index in [-0.39, 0.29) is 68.3 Å². The summed E-state index contributed by atoms with van der Waals surface area (Å²) >= 11 is 0. The standard InChI is InChI=1S/C31H43FN6O12P2/c32-26-15-24-27(16-28(26)37-9-6-33-7-10-37)38(21-1-2-21)18-25(29(24)41)30(42)34-8-14-50-13-5-22(39)3-4-23(40)17-35-11-12-36(20-35)19-31(43,51(44,45)46)52(47,48)49/h11-12,15-16,18,20-21,23,33,40,43H,1-10,13-14,17,19H2,(H4-,34,42,44,45,46,47,48,49)/p+1. The molecule has 0 radical (unpaired) electrons. The largest absolute Gasteiger partial charge is 0.389 e. The molecule has 3 aromatic rings. The van der Waals surface area contributed by atoms with E-state index in [4.69, 9.17) is 4.74 Å². The Labute approximate surface area is 297 Å². The fourth-order valence-corrected chi connectivity index (χ4v) is 8.02. The normalized spacial score (nSPS) is 16.3. The number of amides is 1. The first-order chi connectivity index (χ1) is 24.5. The molecular formula is C31H44FN6O12P2+. The van der Waals surface area contributed by atoms with Crippen LogP contribution >= 0.6 is 15.2 Å². The highest BCUT2D eigenvalue weighted by atomic mass is 31.2. The number of aromatic nitrogens is 3. The van der Waals surface area contributed by atoms with Gasteiger partial charge in [-0.15, -0.1) is 0 Å². The maximum absolute atomic E-state index is 15.2. The minimum absolute atomic E-state index is 0.00521. The van der Waals surface area contributed by atoms with Crippen molar-refractivity contribution in [3.05, 3.63) is 58.7 Å². The molecule has 1 aliphatic heterocycles. The van der Waals surface area contributed by atoms with Gasteiger partial charge in [-0.1, -0.05) is 0 Å². The van der Waals surface area contributed by atoms with Crippen LogP contribution in [-0.2, 0) is 31.8 Å². The summed E-state index contributed by atoms with van der Waals surface area (Å²) in [6, 6.07) is 3.04. The number of Topliss-reactive ketones (excluding diaryl/α,β-unsaturated/α-hetero) is 1. The average Bonchev–Trinajstić information content (AvgIpc) is 3.84. The van der Waals surface area contributed by atoms with Crippen molar-refractivity contribution in [2.75, 3.05) is 50.8 Å². The molecule has 2 aliphatic rings. The van der Waals surface area contributed by atoms with Gasteiger partial charge in [-0.05, 0) is 31.4 Å². The van der Waals surface area contributed by atoms with Crippen LogP contribution in [0.15, 0.2) is 41.8 Å². The monoisotopic (exact) mass is 773 g/mol. The minimum Gasteiger partial charge on any atom is -0.389 e. The number of benzene rings is 1. The Hall–Kier alpha value is -3.35. The average molecular weight is 774 g/mol. The van der Waals surface area contributed by atoms with Crippen LogP contribution in [0.25, 0.3) is 10.9 Å². The van der Waals surface area contributed by atoms with E-state index in [9.17, 15) is 53.3 Å². The molecule has 2 aromatic heterocycles. The molecule has 1 aliphatic carbocycles. The van der Waals surface area contributed by atoms with Crippen LogP contribution in [0.3, 0.4) is 0 Å². The summed E-state index contributed by atoms with van der Waals surface area (Å²) in [6.07, 6.45) is 6.13. The van der Waals surface area contributed by atoms with Crippen molar-refractivity contribution in [1.29, 1.82) is 0 Å². The van der Waals surface area contributed by atoms with Gasteiger partial charge in [0.15, 0.2) is 0 Å². The Morgan fingerprint density at radius 3 is 2.44 bits per heavy atom. The number of nitrogens with one attached hydrogen (secondary N) is 2. The van der Waals surface area contributed by atoms with Gasteiger partial charge >= 0.3 is 20.3 Å². The molecule has 1 saturated heterocycles. The maximum atomic E-state index is 15.2. The number of carbonyl (C=O) groups is 2. The molecule has 0 spiro atoms. The number of carbonyl (C=O) groups excluding carboxylic acids is 2. The van der Waals surface area contributed by atoms with Crippen molar-refractivity contribution in [3.63, 3.8) is 0 Å². The molecule has 1 aromatic carbocycles. The number of hydrogen-bond donors (Lipinski definition) is 8. The van der Waals surface area contributed by atoms with Crippen LogP contribution in [0, 0.1) is 5.82 Å². The highest BCUT2D eigenvalue weighted by Gasteiger charge is 2.61. The van der Waals surface area contributed by atoms with Gasteiger partial charge in [-0.2, -0.15) is 0 Å². The quantitative estimate of drug-likeness (QED) is 0.0462. The Balaban J connectivity index is 1.04. The Morgan fingerprint density at radius 2 is 1.79 bits per heavy atom. The first-order valence-electron chi connectivity index (χ1n) is 16.8. The smallest absolute Gasteiger partial charge is 0.373 e. The minimum atomic E-state index is -5.65. The number of hydrogen-bond acceptors (Lipinski definition) is 10. The number of ketones is 1. The van der Waals surface area contributed by atoms with E-state index in [1.54, 1.807) is 6.07 Å². The summed E-state index contributed by atoms with van der Waals surface area (Å²) < 4.78 is 48.0. The van der Waals surface area contributed by atoms with E-state index >= 15 is 4.39 Å². The Bertz CT molecular complexity index is 1910. The Kier molecular flexibility index (Phi) is 12.5. The fraction of sp³-hybridized carbons (Fsp3) is 0.548. The van der Waals surface area contributed by atoms with Crippen molar-refractivity contribution in [1.82, 2.24) is 19.8 Å². The van der Waals surface area contributed by atoms with Gasteiger partial charge in [0.2, 0.25) is 11.8 Å². The van der Waals surface area contributed by atoms with Crippen LogP contribution in [0.5, 0.6) is 0 Å². The molecule has 1 saturated carbocycles. The van der Waals surface area contributed by atoms with Gasteiger partial charge in [-0.25, -0.2) is 13.5 Å². The number of aliphatic hydroxyl groups is 2. The molecule has 18 nitrogen and oxygen atoms in total. The molecule has 21 heteroatoms. The zero-order valence-corrected chi connectivity index (χ0v) is 30.0. The zero-order chi connectivity index (χ0) is 37.8. The highest BCUT2D eigenvalue weighted by molar-refractivity contribution is 7.72. The number of anilines is 1. The van der Waals surface area contributed by atoms with E-state index in [2.05, 4.69) is 10.6 Å². The second-order valence-corrected chi connectivity index (χ2v) is 17.1. The summed E-state index contributed by atoms with van der Waals surface area (Å²) in [4.78, 5) is 77.9. The van der Waals surface area contributed by atoms with Gasteiger partial charge in [0.05, 0.1) is 30.5 Å². The van der Waals surface area contributed by atoms with Gasteiger partial charge < -0.3 is 54.6 Å². The summed E-state index contributed by atoms with van der Waals surface area (Å²) in [6.45, 7) is 1.72. The van der Waals surface area contributed by atoms with Crippen LogP contribution in [0.2, 0.25) is 0 Å². The molecule has 5 rings (SSSR count). The molecule has 52 heavy (non-hydrogen) atoms. The summed E-state index contributed by atoms with van der Waals surface area (Å²) in [5.41, 5.74) is 0.363. The predicted octanol–water partition coefficient (Wildman–Crippen LogP) is -0.477. The molecule has 0 bridgehead atoms. The predicted molar refractivity (Wildman–Crippen MR) is 183 cm³/mol. The lowest BCUT2D eigenvalue weighted by Crippen LogP contribution is -2.46. The highest BCUT2D eigenvalue weighted by Crippen LogP contribution is 2.67. The van der Waals surface area contributed by atoms with E-state index in [0.29, 0.717) is 24.3 Å². The van der Waals surface area contributed by atoms with Crippen LogP contribution in [0.4, 0.5) is 10.1 Å². The lowest BCUT2D eigenvalue weighted by atomic mass is 10.1. The van der Waals surface area contributed by atoms with Crippen molar-refractivity contribution in [3.8, 4) is 0 Å². The molecule has 2 fully saturated rings. The SMILES string of the molecule is O=C(CCOCCNC(=O)c1cn(C2CC2)c2cc(N3CCNCC3)c(F)cc2c1=O)CCC(O)Cn1cc[n+](CC(O)(P(=O)(O)O)P(=O)(O)O)c1. The van der Waals surface area contributed by atoms with Crippen LogP contribution < -0.4 is 25.5 Å². The van der Waals surface area contributed by atoms with Gasteiger partial charge in [0, 0.05) is 63.2 Å². The lowest BCUT2D eigenvalue weighted by Gasteiger charge is -2.30. The van der Waals surface area contributed by atoms with Gasteiger partial charge in [0.25, 0.3) is 5.91 Å². The molecule has 3 heterocycles. The number of fused-ring (bicyclic) bond motifs is 1. The number of piperazine rings is 1. The van der Waals surface area contributed by atoms with Crippen LogP contribution in [-0.4, -0.2) is 108 Å². The third-order valence-electron chi connectivity index (χ3n) is 9.05. The summed E-state index contributed by atoms with van der Waals surface area (Å²) in [5, 5.41) is 22.8. The van der Waals surface area contributed by atoms with Gasteiger partial charge in [0.1, 0.15) is 42.6 Å². The molecule has 8 N–H and O–H groups in total. The maximum Gasteiger partial charge on any atom is 0.373 e. The van der Waals surface area contributed by atoms with Crippen molar-refractivity contribution in [2.24, 2.45) is 0 Å². The molecule has 1 unspecified atom stereocenters. The van der Waals surface area contributed by atoms with Crippen molar-refractivity contribution >= 4 is 43.5 Å². The number of imidazole rings is 1. The third-order valence-corrected chi connectivity index (χ3v) is 12.8.